The van der Waals surface area contributed by atoms with E-state index in [-0.39, 0.29) is 5.82 Å². The van der Waals surface area contributed by atoms with Crippen LogP contribution in [0.15, 0.2) is 60.7 Å². The van der Waals surface area contributed by atoms with Gasteiger partial charge in [0, 0.05) is 25.2 Å². The Labute approximate surface area is 170 Å². The first-order chi connectivity index (χ1) is 14.2. The van der Waals surface area contributed by atoms with Gasteiger partial charge in [-0.2, -0.15) is 0 Å². The van der Waals surface area contributed by atoms with E-state index in [9.17, 15) is 4.39 Å². The summed E-state index contributed by atoms with van der Waals surface area (Å²) in [5.74, 6) is 2.14. The Bertz CT molecular complexity index is 971. The number of hydrogen-bond donors (Lipinski definition) is 0. The number of fused-ring (bicyclic) bond motifs is 1. The molecule has 0 N–H and O–H groups in total. The van der Waals surface area contributed by atoms with Crippen LogP contribution in [0.2, 0.25) is 0 Å². The smallest absolute Gasteiger partial charge is 0.165 e. The molecule has 0 atom stereocenters. The quantitative estimate of drug-likeness (QED) is 0.617. The lowest BCUT2D eigenvalue weighted by Gasteiger charge is -2.20. The average molecular weight is 393 g/mol. The standard InChI is InChI=1S/C24H24FNO3/c1-27-22-9-5-18(6-10-22)19-13-20-16-26(15-17-3-7-21(25)8-4-17)11-12-29-24(20)23(14-19)28-2/h3-10,13-14H,11-12,15-16H2,1-2H3. The van der Waals surface area contributed by atoms with Gasteiger partial charge in [0.25, 0.3) is 0 Å². The predicted molar refractivity (Wildman–Crippen MR) is 111 cm³/mol. The summed E-state index contributed by atoms with van der Waals surface area (Å²) in [6.45, 7) is 2.82. The van der Waals surface area contributed by atoms with Gasteiger partial charge in [-0.05, 0) is 53.1 Å². The van der Waals surface area contributed by atoms with Crippen molar-refractivity contribution in [2.45, 2.75) is 13.1 Å². The zero-order valence-corrected chi connectivity index (χ0v) is 16.7. The fourth-order valence-corrected chi connectivity index (χ4v) is 3.62. The van der Waals surface area contributed by atoms with Crippen molar-refractivity contribution in [3.05, 3.63) is 77.6 Å². The minimum Gasteiger partial charge on any atom is -0.497 e. The highest BCUT2D eigenvalue weighted by molar-refractivity contribution is 5.70. The summed E-state index contributed by atoms with van der Waals surface area (Å²) >= 11 is 0. The van der Waals surface area contributed by atoms with Crippen molar-refractivity contribution in [2.24, 2.45) is 0 Å². The summed E-state index contributed by atoms with van der Waals surface area (Å²) in [6.07, 6.45) is 0. The zero-order valence-electron chi connectivity index (χ0n) is 16.7. The summed E-state index contributed by atoms with van der Waals surface area (Å²) in [5, 5.41) is 0. The van der Waals surface area contributed by atoms with Gasteiger partial charge in [-0.25, -0.2) is 4.39 Å². The maximum absolute atomic E-state index is 13.2. The lowest BCUT2D eigenvalue weighted by Crippen LogP contribution is -2.25. The number of rotatable bonds is 5. The SMILES string of the molecule is COc1ccc(-c2cc3c(c(OC)c2)OCCN(Cc2ccc(F)cc2)C3)cc1. The minimum atomic E-state index is -0.216. The molecule has 0 fully saturated rings. The molecule has 0 radical (unpaired) electrons. The van der Waals surface area contributed by atoms with E-state index < -0.39 is 0 Å². The first kappa shape index (κ1) is 19.3. The highest BCUT2D eigenvalue weighted by atomic mass is 19.1. The van der Waals surface area contributed by atoms with Crippen LogP contribution in [0.3, 0.4) is 0 Å². The molecule has 0 aromatic heterocycles. The molecular formula is C24H24FNO3. The molecule has 1 heterocycles. The third-order valence-corrected chi connectivity index (χ3v) is 5.14. The van der Waals surface area contributed by atoms with Crippen LogP contribution < -0.4 is 14.2 Å². The minimum absolute atomic E-state index is 0.216. The second-order valence-corrected chi connectivity index (χ2v) is 7.08. The fraction of sp³-hybridized carbons (Fsp3) is 0.250. The molecule has 1 aliphatic rings. The van der Waals surface area contributed by atoms with Crippen LogP contribution in [-0.4, -0.2) is 32.3 Å². The molecule has 3 aromatic carbocycles. The zero-order chi connectivity index (χ0) is 20.2. The van der Waals surface area contributed by atoms with Crippen LogP contribution in [0, 0.1) is 5.82 Å². The molecule has 0 aliphatic carbocycles. The van der Waals surface area contributed by atoms with E-state index in [4.69, 9.17) is 14.2 Å². The lowest BCUT2D eigenvalue weighted by molar-refractivity contribution is 0.217. The van der Waals surface area contributed by atoms with Gasteiger partial charge < -0.3 is 14.2 Å². The molecule has 0 unspecified atom stereocenters. The van der Waals surface area contributed by atoms with Crippen molar-refractivity contribution < 1.29 is 18.6 Å². The average Bonchev–Trinajstić information content (AvgIpc) is 2.96. The maximum atomic E-state index is 13.2. The molecule has 5 heteroatoms. The second-order valence-electron chi connectivity index (χ2n) is 7.08. The van der Waals surface area contributed by atoms with E-state index in [0.29, 0.717) is 6.61 Å². The van der Waals surface area contributed by atoms with Gasteiger partial charge in [0.05, 0.1) is 14.2 Å². The van der Waals surface area contributed by atoms with Gasteiger partial charge in [0.1, 0.15) is 18.2 Å². The largest absolute Gasteiger partial charge is 0.497 e. The van der Waals surface area contributed by atoms with Gasteiger partial charge in [-0.15, -0.1) is 0 Å². The van der Waals surface area contributed by atoms with Crippen LogP contribution in [-0.2, 0) is 13.1 Å². The third-order valence-electron chi connectivity index (χ3n) is 5.14. The van der Waals surface area contributed by atoms with Gasteiger partial charge in [0.2, 0.25) is 0 Å². The van der Waals surface area contributed by atoms with Crippen molar-refractivity contribution in [1.82, 2.24) is 4.90 Å². The Morgan fingerprint density at radius 2 is 1.69 bits per heavy atom. The van der Waals surface area contributed by atoms with Crippen LogP contribution in [0.5, 0.6) is 17.2 Å². The van der Waals surface area contributed by atoms with E-state index in [2.05, 4.69) is 11.0 Å². The van der Waals surface area contributed by atoms with Gasteiger partial charge >= 0.3 is 0 Å². The Hall–Kier alpha value is -3.05. The molecule has 1 aliphatic heterocycles. The Kier molecular flexibility index (Phi) is 5.67. The van der Waals surface area contributed by atoms with Crippen molar-refractivity contribution in [1.29, 1.82) is 0 Å². The number of halogens is 1. The molecule has 29 heavy (non-hydrogen) atoms. The molecule has 0 saturated carbocycles. The summed E-state index contributed by atoms with van der Waals surface area (Å²) in [6, 6.07) is 18.8. The molecule has 4 nitrogen and oxygen atoms in total. The Morgan fingerprint density at radius 3 is 2.38 bits per heavy atom. The lowest BCUT2D eigenvalue weighted by atomic mass is 10.0. The van der Waals surface area contributed by atoms with E-state index >= 15 is 0 Å². The van der Waals surface area contributed by atoms with Crippen LogP contribution >= 0.6 is 0 Å². The fourth-order valence-electron chi connectivity index (χ4n) is 3.62. The molecule has 0 bridgehead atoms. The number of methoxy groups -OCH3 is 2. The van der Waals surface area contributed by atoms with E-state index in [0.717, 1.165) is 59.1 Å². The maximum Gasteiger partial charge on any atom is 0.165 e. The van der Waals surface area contributed by atoms with Gasteiger partial charge in [-0.1, -0.05) is 24.3 Å². The van der Waals surface area contributed by atoms with Crippen LogP contribution in [0.1, 0.15) is 11.1 Å². The predicted octanol–water partition coefficient (Wildman–Crippen LogP) is 4.90. The molecule has 4 rings (SSSR count). The van der Waals surface area contributed by atoms with E-state index in [1.165, 1.54) is 12.1 Å². The number of ether oxygens (including phenoxy) is 3. The van der Waals surface area contributed by atoms with Crippen LogP contribution in [0.4, 0.5) is 4.39 Å². The summed E-state index contributed by atoms with van der Waals surface area (Å²) in [4.78, 5) is 2.30. The van der Waals surface area contributed by atoms with Gasteiger partial charge in [-0.3, -0.25) is 4.90 Å². The second kappa shape index (κ2) is 8.53. The van der Waals surface area contributed by atoms with Crippen molar-refractivity contribution in [3.63, 3.8) is 0 Å². The normalized spacial score (nSPS) is 13.9. The molecule has 3 aromatic rings. The highest BCUT2D eigenvalue weighted by Crippen LogP contribution is 2.38. The number of nitrogens with zero attached hydrogens (tertiary/aromatic N) is 1. The first-order valence-electron chi connectivity index (χ1n) is 9.61. The van der Waals surface area contributed by atoms with Gasteiger partial charge in [0.15, 0.2) is 11.5 Å². The summed E-state index contributed by atoms with van der Waals surface area (Å²) in [5.41, 5.74) is 4.31. The van der Waals surface area contributed by atoms with Crippen molar-refractivity contribution >= 4 is 0 Å². The molecule has 150 valence electrons. The molecule has 0 spiro atoms. The van der Waals surface area contributed by atoms with E-state index in [1.54, 1.807) is 14.2 Å². The Balaban J connectivity index is 1.64. The molecular weight excluding hydrogens is 369 g/mol. The molecule has 0 saturated heterocycles. The topological polar surface area (TPSA) is 30.9 Å². The number of hydrogen-bond acceptors (Lipinski definition) is 4. The van der Waals surface area contributed by atoms with E-state index in [1.807, 2.05) is 42.5 Å². The monoisotopic (exact) mass is 393 g/mol. The highest BCUT2D eigenvalue weighted by Gasteiger charge is 2.20. The molecule has 0 amide bonds. The van der Waals surface area contributed by atoms with Crippen molar-refractivity contribution in [2.75, 3.05) is 27.4 Å². The number of benzene rings is 3. The summed E-state index contributed by atoms with van der Waals surface area (Å²) < 4.78 is 30.1. The van der Waals surface area contributed by atoms with Crippen LogP contribution in [0.25, 0.3) is 11.1 Å². The first-order valence-corrected chi connectivity index (χ1v) is 9.61. The Morgan fingerprint density at radius 1 is 0.931 bits per heavy atom. The third kappa shape index (κ3) is 4.35. The summed E-state index contributed by atoms with van der Waals surface area (Å²) in [7, 11) is 3.32. The van der Waals surface area contributed by atoms with Crippen molar-refractivity contribution in [3.8, 4) is 28.4 Å².